The molecule has 23 heavy (non-hydrogen) atoms. The maximum atomic E-state index is 13.3. The number of β-amino-alcohol motifs (C(OH)–C–C–N with tert-alkyl or cyclic N) is 1. The van der Waals surface area contributed by atoms with Crippen molar-refractivity contribution in [3.8, 4) is 11.4 Å². The molecule has 1 saturated heterocycles. The van der Waals surface area contributed by atoms with Crippen LogP contribution in [0.2, 0.25) is 0 Å². The minimum atomic E-state index is -1.58. The molecular weight excluding hydrogens is 315 g/mol. The molecule has 2 aromatic rings. The smallest absolute Gasteiger partial charge is 0.249 e. The molecule has 1 aromatic heterocycles. The second-order valence-electron chi connectivity index (χ2n) is 5.29. The standard InChI is InChI=1S/C14H12F3N3O3/c1-6(21)20-5-8(22)4-11(20)14-18-13(19-23-14)7-2-9(15)12(17)10(16)3-7/h2-3,8,11,22H,4-5H2,1H3. The first kappa shape index (κ1) is 15.5. The zero-order chi connectivity index (χ0) is 16.7. The number of carbonyl (C=O) groups is 1. The van der Waals surface area contributed by atoms with E-state index in [0.717, 1.165) is 12.1 Å². The number of aliphatic hydroxyl groups excluding tert-OH is 1. The molecule has 0 saturated carbocycles. The van der Waals surface area contributed by atoms with E-state index in [4.69, 9.17) is 4.52 Å². The molecule has 122 valence electrons. The average Bonchev–Trinajstić information content (AvgIpc) is 3.10. The Bertz CT molecular complexity index is 742. The summed E-state index contributed by atoms with van der Waals surface area (Å²) in [6.07, 6.45) is -0.507. The molecule has 3 rings (SSSR count). The van der Waals surface area contributed by atoms with Gasteiger partial charge in [-0.05, 0) is 12.1 Å². The van der Waals surface area contributed by atoms with Crippen molar-refractivity contribution in [2.45, 2.75) is 25.5 Å². The topological polar surface area (TPSA) is 79.5 Å². The van der Waals surface area contributed by atoms with E-state index < -0.39 is 29.6 Å². The fourth-order valence-electron chi connectivity index (χ4n) is 2.57. The Morgan fingerprint density at radius 2 is 2.00 bits per heavy atom. The zero-order valence-corrected chi connectivity index (χ0v) is 12.0. The molecule has 2 atom stereocenters. The van der Waals surface area contributed by atoms with Gasteiger partial charge in [-0.1, -0.05) is 5.16 Å². The lowest BCUT2D eigenvalue weighted by Gasteiger charge is -2.19. The summed E-state index contributed by atoms with van der Waals surface area (Å²) < 4.78 is 44.5. The first-order chi connectivity index (χ1) is 10.9. The van der Waals surface area contributed by atoms with E-state index in [2.05, 4.69) is 10.1 Å². The van der Waals surface area contributed by atoms with E-state index in [1.54, 1.807) is 0 Å². The zero-order valence-electron chi connectivity index (χ0n) is 12.0. The van der Waals surface area contributed by atoms with Gasteiger partial charge in [0.05, 0.1) is 6.10 Å². The number of rotatable bonds is 2. The minimum Gasteiger partial charge on any atom is -0.391 e. The molecule has 2 unspecified atom stereocenters. The van der Waals surface area contributed by atoms with E-state index >= 15 is 0 Å². The minimum absolute atomic E-state index is 0.0388. The highest BCUT2D eigenvalue weighted by molar-refractivity contribution is 5.74. The van der Waals surface area contributed by atoms with Crippen molar-refractivity contribution in [3.05, 3.63) is 35.5 Å². The van der Waals surface area contributed by atoms with Gasteiger partial charge in [0, 0.05) is 25.5 Å². The Balaban J connectivity index is 1.93. The molecule has 9 heteroatoms. The van der Waals surface area contributed by atoms with Gasteiger partial charge >= 0.3 is 0 Å². The number of benzene rings is 1. The van der Waals surface area contributed by atoms with Gasteiger partial charge in [0.2, 0.25) is 17.6 Å². The number of amides is 1. The van der Waals surface area contributed by atoms with Gasteiger partial charge in [0.1, 0.15) is 6.04 Å². The molecule has 0 radical (unpaired) electrons. The van der Waals surface area contributed by atoms with Gasteiger partial charge in [-0.15, -0.1) is 0 Å². The van der Waals surface area contributed by atoms with Gasteiger partial charge in [-0.25, -0.2) is 13.2 Å². The van der Waals surface area contributed by atoms with Crippen molar-refractivity contribution in [2.24, 2.45) is 0 Å². The Labute approximate surface area is 128 Å². The van der Waals surface area contributed by atoms with Crippen molar-refractivity contribution in [1.82, 2.24) is 15.0 Å². The van der Waals surface area contributed by atoms with E-state index in [1.165, 1.54) is 11.8 Å². The largest absolute Gasteiger partial charge is 0.391 e. The molecule has 0 bridgehead atoms. The third-order valence-electron chi connectivity index (χ3n) is 3.65. The van der Waals surface area contributed by atoms with Crippen LogP contribution in [0.15, 0.2) is 16.7 Å². The number of carbonyl (C=O) groups excluding carboxylic acids is 1. The monoisotopic (exact) mass is 327 g/mol. The van der Waals surface area contributed by atoms with Gasteiger partial charge < -0.3 is 14.5 Å². The normalized spacial score (nSPS) is 21.0. The maximum Gasteiger partial charge on any atom is 0.249 e. The van der Waals surface area contributed by atoms with Crippen LogP contribution in [0.3, 0.4) is 0 Å². The fraction of sp³-hybridized carbons (Fsp3) is 0.357. The summed E-state index contributed by atoms with van der Waals surface area (Å²) in [5.74, 6) is -4.69. The summed E-state index contributed by atoms with van der Waals surface area (Å²) >= 11 is 0. The van der Waals surface area contributed by atoms with Crippen LogP contribution in [0.1, 0.15) is 25.3 Å². The molecule has 1 aliphatic rings. The van der Waals surface area contributed by atoms with Crippen LogP contribution >= 0.6 is 0 Å². The second kappa shape index (κ2) is 5.65. The summed E-state index contributed by atoms with van der Waals surface area (Å²) in [4.78, 5) is 16.9. The second-order valence-corrected chi connectivity index (χ2v) is 5.29. The lowest BCUT2D eigenvalue weighted by molar-refractivity contribution is -0.130. The molecule has 6 nitrogen and oxygen atoms in total. The van der Waals surface area contributed by atoms with Crippen LogP contribution < -0.4 is 0 Å². The quantitative estimate of drug-likeness (QED) is 0.851. The number of halogens is 3. The molecule has 1 N–H and O–H groups in total. The number of aliphatic hydroxyl groups is 1. The van der Waals surface area contributed by atoms with Crippen LogP contribution in [0.5, 0.6) is 0 Å². The summed E-state index contributed by atoms with van der Waals surface area (Å²) in [5.41, 5.74) is -0.0932. The Morgan fingerprint density at radius 3 is 2.61 bits per heavy atom. The number of hydrogen-bond acceptors (Lipinski definition) is 5. The summed E-state index contributed by atoms with van der Waals surface area (Å²) in [6.45, 7) is 1.48. The average molecular weight is 327 g/mol. The molecule has 0 spiro atoms. The molecule has 0 aliphatic carbocycles. The lowest BCUT2D eigenvalue weighted by Crippen LogP contribution is -2.29. The molecular formula is C14H12F3N3O3. The molecule has 1 aliphatic heterocycles. The number of nitrogens with zero attached hydrogens (tertiary/aromatic N) is 3. The third kappa shape index (κ3) is 2.79. The highest BCUT2D eigenvalue weighted by atomic mass is 19.2. The van der Waals surface area contributed by atoms with Gasteiger partial charge in [-0.3, -0.25) is 4.79 Å². The molecule has 1 aromatic carbocycles. The first-order valence-corrected chi connectivity index (χ1v) is 6.80. The highest BCUT2D eigenvalue weighted by Crippen LogP contribution is 2.32. The van der Waals surface area contributed by atoms with Crippen molar-refractivity contribution in [3.63, 3.8) is 0 Å². The summed E-state index contributed by atoms with van der Waals surface area (Å²) in [7, 11) is 0. The molecule has 1 fully saturated rings. The van der Waals surface area contributed by atoms with Crippen LogP contribution in [-0.4, -0.2) is 38.7 Å². The Hall–Kier alpha value is -2.42. The van der Waals surface area contributed by atoms with Gasteiger partial charge in [0.25, 0.3) is 0 Å². The van der Waals surface area contributed by atoms with E-state index in [9.17, 15) is 23.1 Å². The van der Waals surface area contributed by atoms with Gasteiger partial charge in [-0.2, -0.15) is 4.98 Å². The van der Waals surface area contributed by atoms with Crippen molar-refractivity contribution >= 4 is 5.91 Å². The maximum absolute atomic E-state index is 13.3. The van der Waals surface area contributed by atoms with Crippen LogP contribution in [0.25, 0.3) is 11.4 Å². The summed E-state index contributed by atoms with van der Waals surface area (Å²) in [6, 6.07) is 0.886. The van der Waals surface area contributed by atoms with Gasteiger partial charge in [0.15, 0.2) is 17.5 Å². The number of likely N-dealkylation sites (tertiary alicyclic amines) is 1. The fourth-order valence-corrected chi connectivity index (χ4v) is 2.57. The van der Waals surface area contributed by atoms with Crippen molar-refractivity contribution in [1.29, 1.82) is 0 Å². The SMILES string of the molecule is CC(=O)N1CC(O)CC1c1nc(-c2cc(F)c(F)c(F)c2)no1. The third-order valence-corrected chi connectivity index (χ3v) is 3.65. The lowest BCUT2D eigenvalue weighted by atomic mass is 10.2. The Kier molecular flexibility index (Phi) is 3.80. The molecule has 1 amide bonds. The molecule has 2 heterocycles. The van der Waals surface area contributed by atoms with Crippen LogP contribution in [-0.2, 0) is 4.79 Å². The predicted octanol–water partition coefficient (Wildman–Crippen LogP) is 1.81. The van der Waals surface area contributed by atoms with E-state index in [0.29, 0.717) is 0 Å². The Morgan fingerprint density at radius 1 is 1.35 bits per heavy atom. The first-order valence-electron chi connectivity index (χ1n) is 6.80. The van der Waals surface area contributed by atoms with Crippen molar-refractivity contribution < 1.29 is 27.6 Å². The van der Waals surface area contributed by atoms with E-state index in [1.807, 2.05) is 0 Å². The van der Waals surface area contributed by atoms with Crippen LogP contribution in [0.4, 0.5) is 13.2 Å². The number of aromatic nitrogens is 2. The summed E-state index contributed by atoms with van der Waals surface area (Å²) in [5, 5.41) is 13.3. The highest BCUT2D eigenvalue weighted by Gasteiger charge is 2.37. The van der Waals surface area contributed by atoms with Crippen molar-refractivity contribution in [2.75, 3.05) is 6.54 Å². The predicted molar refractivity (Wildman–Crippen MR) is 70.4 cm³/mol. The van der Waals surface area contributed by atoms with E-state index in [-0.39, 0.29) is 36.2 Å². The number of hydrogen-bond donors (Lipinski definition) is 1. The van der Waals surface area contributed by atoms with Crippen LogP contribution in [0, 0.1) is 17.5 Å².